The minimum atomic E-state index is -0.0524. The molecule has 0 atom stereocenters. The van der Waals surface area contributed by atoms with E-state index in [4.69, 9.17) is 5.73 Å². The third kappa shape index (κ3) is 7.06. The van der Waals surface area contributed by atoms with E-state index in [2.05, 4.69) is 62.5 Å². The van der Waals surface area contributed by atoms with Gasteiger partial charge in [-0.05, 0) is 51.1 Å². The summed E-state index contributed by atoms with van der Waals surface area (Å²) in [6, 6.07) is 6.41. The molecule has 3 nitrogen and oxygen atoms in total. The molecule has 1 rings (SSSR count). The SMILES string of the molecule is CSc1cc(C)ccc1CN=C(N)NC(C)(C)C.I. The molecular weight excluding hydrogens is 369 g/mol. The van der Waals surface area contributed by atoms with E-state index in [0.29, 0.717) is 12.5 Å². The number of hydrogen-bond acceptors (Lipinski definition) is 2. The Morgan fingerprint density at radius 2 is 2.00 bits per heavy atom. The molecule has 0 aliphatic heterocycles. The lowest BCUT2D eigenvalue weighted by Gasteiger charge is -2.21. The molecule has 0 amide bonds. The van der Waals surface area contributed by atoms with Gasteiger partial charge >= 0.3 is 0 Å². The zero-order chi connectivity index (χ0) is 13.8. The molecule has 0 radical (unpaired) electrons. The molecular formula is C14H24IN3S. The molecule has 5 heteroatoms. The third-order valence-electron chi connectivity index (χ3n) is 2.37. The molecule has 0 bridgehead atoms. The van der Waals surface area contributed by atoms with Crippen LogP contribution in [0.25, 0.3) is 0 Å². The van der Waals surface area contributed by atoms with Gasteiger partial charge in [0.1, 0.15) is 0 Å². The first-order valence-electron chi connectivity index (χ1n) is 6.03. The Bertz CT molecular complexity index is 439. The number of halogens is 1. The van der Waals surface area contributed by atoms with Gasteiger partial charge in [-0.1, -0.05) is 12.1 Å². The molecule has 108 valence electrons. The molecule has 0 heterocycles. The molecule has 0 aliphatic rings. The molecule has 0 unspecified atom stereocenters. The zero-order valence-electron chi connectivity index (χ0n) is 12.3. The third-order valence-corrected chi connectivity index (χ3v) is 3.19. The molecule has 1 aromatic rings. The van der Waals surface area contributed by atoms with Gasteiger partial charge in [-0.25, -0.2) is 4.99 Å². The molecule has 1 aromatic carbocycles. The van der Waals surface area contributed by atoms with Crippen molar-refractivity contribution < 1.29 is 0 Å². The number of benzene rings is 1. The summed E-state index contributed by atoms with van der Waals surface area (Å²) in [6.07, 6.45) is 2.08. The van der Waals surface area contributed by atoms with Crippen LogP contribution in [0, 0.1) is 6.92 Å². The highest BCUT2D eigenvalue weighted by atomic mass is 127. The van der Waals surface area contributed by atoms with Crippen molar-refractivity contribution in [2.75, 3.05) is 6.26 Å². The van der Waals surface area contributed by atoms with Gasteiger partial charge in [0.05, 0.1) is 6.54 Å². The topological polar surface area (TPSA) is 50.4 Å². The fourth-order valence-corrected chi connectivity index (χ4v) is 2.28. The standard InChI is InChI=1S/C14H23N3S.HI/c1-10-6-7-11(12(8-10)18-5)9-16-13(15)17-14(2,3)4;/h6-8H,9H2,1-5H3,(H3,15,16,17);1H. The number of aliphatic imine (C=N–C) groups is 1. The maximum absolute atomic E-state index is 5.86. The van der Waals surface area contributed by atoms with Crippen LogP contribution in [0.4, 0.5) is 0 Å². The highest BCUT2D eigenvalue weighted by molar-refractivity contribution is 14.0. The number of nitrogens with one attached hydrogen (secondary N) is 1. The number of nitrogens with zero attached hydrogens (tertiary/aromatic N) is 1. The zero-order valence-corrected chi connectivity index (χ0v) is 15.4. The van der Waals surface area contributed by atoms with Gasteiger partial charge in [0.2, 0.25) is 0 Å². The highest BCUT2D eigenvalue weighted by Crippen LogP contribution is 2.22. The summed E-state index contributed by atoms with van der Waals surface area (Å²) in [5.74, 6) is 0.495. The van der Waals surface area contributed by atoms with Crippen LogP contribution in [0.3, 0.4) is 0 Å². The Balaban J connectivity index is 0.00000324. The number of nitrogens with two attached hydrogens (primary N) is 1. The molecule has 19 heavy (non-hydrogen) atoms. The average molecular weight is 393 g/mol. The molecule has 0 saturated heterocycles. The van der Waals surface area contributed by atoms with Crippen molar-refractivity contribution in [1.82, 2.24) is 5.32 Å². The van der Waals surface area contributed by atoms with E-state index in [0.717, 1.165) is 0 Å². The van der Waals surface area contributed by atoms with Crippen molar-refractivity contribution in [3.8, 4) is 0 Å². The smallest absolute Gasteiger partial charge is 0.189 e. The lowest BCUT2D eigenvalue weighted by atomic mass is 10.1. The fourth-order valence-electron chi connectivity index (χ4n) is 1.58. The summed E-state index contributed by atoms with van der Waals surface area (Å²) in [5, 5.41) is 3.16. The molecule has 0 fully saturated rings. The van der Waals surface area contributed by atoms with Crippen LogP contribution < -0.4 is 11.1 Å². The number of guanidine groups is 1. The van der Waals surface area contributed by atoms with Gasteiger partial charge in [-0.2, -0.15) is 0 Å². The first-order chi connectivity index (χ1) is 8.31. The summed E-state index contributed by atoms with van der Waals surface area (Å²) in [5.41, 5.74) is 8.29. The van der Waals surface area contributed by atoms with Crippen molar-refractivity contribution in [3.05, 3.63) is 29.3 Å². The van der Waals surface area contributed by atoms with Crippen LogP contribution in [-0.2, 0) is 6.54 Å². The Kier molecular flexibility index (Phi) is 7.81. The molecule has 0 saturated carbocycles. The van der Waals surface area contributed by atoms with Crippen molar-refractivity contribution >= 4 is 41.7 Å². The Morgan fingerprint density at radius 3 is 2.53 bits per heavy atom. The van der Waals surface area contributed by atoms with Crippen molar-refractivity contribution in [1.29, 1.82) is 0 Å². The quantitative estimate of drug-likeness (QED) is 0.358. The molecule has 0 aliphatic carbocycles. The second-order valence-electron chi connectivity index (χ2n) is 5.39. The molecule has 0 aromatic heterocycles. The van der Waals surface area contributed by atoms with Crippen molar-refractivity contribution in [2.24, 2.45) is 10.7 Å². The monoisotopic (exact) mass is 393 g/mol. The van der Waals surface area contributed by atoms with Gasteiger partial charge in [-0.3, -0.25) is 0 Å². The van der Waals surface area contributed by atoms with Crippen molar-refractivity contribution in [2.45, 2.75) is 44.7 Å². The van der Waals surface area contributed by atoms with E-state index < -0.39 is 0 Å². The minimum Gasteiger partial charge on any atom is -0.370 e. The fraction of sp³-hybridized carbons (Fsp3) is 0.500. The second kappa shape index (κ2) is 7.99. The van der Waals surface area contributed by atoms with E-state index >= 15 is 0 Å². The summed E-state index contributed by atoms with van der Waals surface area (Å²) in [4.78, 5) is 5.65. The predicted octanol–water partition coefficient (Wildman–Crippen LogP) is 3.54. The van der Waals surface area contributed by atoms with Crippen LogP contribution in [0.1, 0.15) is 31.9 Å². The van der Waals surface area contributed by atoms with E-state index in [-0.39, 0.29) is 29.5 Å². The van der Waals surface area contributed by atoms with Gasteiger partial charge < -0.3 is 11.1 Å². The van der Waals surface area contributed by atoms with Gasteiger partial charge in [0.25, 0.3) is 0 Å². The van der Waals surface area contributed by atoms with E-state index in [1.165, 1.54) is 16.0 Å². The van der Waals surface area contributed by atoms with E-state index in [1.807, 2.05) is 0 Å². The summed E-state index contributed by atoms with van der Waals surface area (Å²) >= 11 is 1.74. The number of hydrogen-bond donors (Lipinski definition) is 2. The van der Waals surface area contributed by atoms with Crippen molar-refractivity contribution in [3.63, 3.8) is 0 Å². The van der Waals surface area contributed by atoms with Gasteiger partial charge in [0, 0.05) is 10.4 Å². The van der Waals surface area contributed by atoms with Gasteiger partial charge in [-0.15, -0.1) is 35.7 Å². The highest BCUT2D eigenvalue weighted by Gasteiger charge is 2.09. The predicted molar refractivity (Wildman–Crippen MR) is 96.6 cm³/mol. The lowest BCUT2D eigenvalue weighted by Crippen LogP contribution is -2.44. The normalized spacial score (nSPS) is 11.9. The summed E-state index contributed by atoms with van der Waals surface area (Å²) < 4.78 is 0. The number of aryl methyl sites for hydroxylation is 1. The first kappa shape index (κ1) is 18.6. The molecule has 3 N–H and O–H groups in total. The number of thioether (sulfide) groups is 1. The summed E-state index contributed by atoms with van der Waals surface area (Å²) in [7, 11) is 0. The van der Waals surface area contributed by atoms with E-state index in [1.54, 1.807) is 11.8 Å². The number of rotatable bonds is 3. The van der Waals surface area contributed by atoms with Gasteiger partial charge in [0.15, 0.2) is 5.96 Å². The maximum atomic E-state index is 5.86. The van der Waals surface area contributed by atoms with E-state index in [9.17, 15) is 0 Å². The largest absolute Gasteiger partial charge is 0.370 e. The van der Waals surface area contributed by atoms with Crippen LogP contribution in [0.2, 0.25) is 0 Å². The minimum absolute atomic E-state index is 0. The van der Waals surface area contributed by atoms with Crippen LogP contribution >= 0.6 is 35.7 Å². The Hall–Kier alpha value is -0.430. The van der Waals surface area contributed by atoms with Crippen LogP contribution in [-0.4, -0.2) is 17.8 Å². The Morgan fingerprint density at radius 1 is 1.37 bits per heavy atom. The first-order valence-corrected chi connectivity index (χ1v) is 7.26. The van der Waals surface area contributed by atoms with Crippen LogP contribution in [0.15, 0.2) is 28.1 Å². The maximum Gasteiger partial charge on any atom is 0.189 e. The molecule has 0 spiro atoms. The summed E-state index contributed by atoms with van der Waals surface area (Å²) in [6.45, 7) is 8.91. The Labute approximate surface area is 137 Å². The second-order valence-corrected chi connectivity index (χ2v) is 6.24. The lowest BCUT2D eigenvalue weighted by molar-refractivity contribution is 0.508. The average Bonchev–Trinajstić information content (AvgIpc) is 2.24. The van der Waals surface area contributed by atoms with Crippen LogP contribution in [0.5, 0.6) is 0 Å².